The molecular formula is C42H29N3S2. The van der Waals surface area contributed by atoms with Crippen molar-refractivity contribution in [1.29, 1.82) is 0 Å². The van der Waals surface area contributed by atoms with E-state index in [-0.39, 0.29) is 5.41 Å². The normalized spacial score (nSPS) is 14.9. The Labute approximate surface area is 282 Å². The first kappa shape index (κ1) is 27.2. The quantitative estimate of drug-likeness (QED) is 0.187. The molecule has 3 aliphatic rings. The van der Waals surface area contributed by atoms with E-state index >= 15 is 0 Å². The van der Waals surface area contributed by atoms with Gasteiger partial charge in [0, 0.05) is 47.8 Å². The van der Waals surface area contributed by atoms with Gasteiger partial charge in [0.05, 0.1) is 34.0 Å². The monoisotopic (exact) mass is 639 g/mol. The van der Waals surface area contributed by atoms with E-state index in [4.69, 9.17) is 4.98 Å². The van der Waals surface area contributed by atoms with E-state index in [9.17, 15) is 0 Å². The molecule has 5 heteroatoms. The molecule has 7 aromatic rings. The Bertz CT molecular complexity index is 2340. The zero-order valence-electron chi connectivity index (χ0n) is 25.9. The number of anilines is 6. The predicted molar refractivity (Wildman–Crippen MR) is 197 cm³/mol. The highest BCUT2D eigenvalue weighted by molar-refractivity contribution is 8.00. The molecule has 6 aromatic carbocycles. The maximum absolute atomic E-state index is 5.11. The Morgan fingerprint density at radius 3 is 1.62 bits per heavy atom. The molecule has 0 spiro atoms. The average molecular weight is 640 g/mol. The molecule has 3 nitrogen and oxygen atoms in total. The number of rotatable bonds is 2. The molecule has 1 aromatic heterocycles. The molecule has 10 rings (SSSR count). The van der Waals surface area contributed by atoms with Crippen molar-refractivity contribution < 1.29 is 0 Å². The third-order valence-electron chi connectivity index (χ3n) is 9.85. The van der Waals surface area contributed by atoms with Gasteiger partial charge in [-0.2, -0.15) is 0 Å². The van der Waals surface area contributed by atoms with Gasteiger partial charge in [-0.05, 0) is 95.6 Å². The van der Waals surface area contributed by atoms with Gasteiger partial charge in [-0.25, -0.2) is 0 Å². The second-order valence-electron chi connectivity index (χ2n) is 12.8. The van der Waals surface area contributed by atoms with Crippen LogP contribution in [0.1, 0.15) is 25.0 Å². The first-order chi connectivity index (χ1) is 23.1. The third kappa shape index (κ3) is 3.87. The number of aromatic nitrogens is 1. The van der Waals surface area contributed by atoms with E-state index in [1.165, 1.54) is 76.0 Å². The molecule has 1 aliphatic carbocycles. The molecular weight excluding hydrogens is 611 g/mol. The number of hydrogen-bond donors (Lipinski definition) is 0. The lowest BCUT2D eigenvalue weighted by atomic mass is 9.81. The molecule has 0 N–H and O–H groups in total. The van der Waals surface area contributed by atoms with Gasteiger partial charge < -0.3 is 9.80 Å². The summed E-state index contributed by atoms with van der Waals surface area (Å²) in [6.45, 7) is 4.75. The third-order valence-corrected chi connectivity index (χ3v) is 12.1. The lowest BCUT2D eigenvalue weighted by molar-refractivity contribution is 0.661. The van der Waals surface area contributed by atoms with E-state index in [0.717, 1.165) is 10.9 Å². The first-order valence-electron chi connectivity index (χ1n) is 16.0. The standard InChI is InChI=1S/C42H29N3S2/c1-42(2)29-24-26(44-31-13-3-7-17-36(31)46-37-18-8-4-14-32(37)44)21-22-27(29)40-30(42)25-35(28-12-11-23-43-41(28)40)45-33-15-5-9-19-38(33)47-39-20-10-6-16-34(39)45/h3-25H,1-2H3. The Hall–Kier alpha value is -4.97. The Morgan fingerprint density at radius 1 is 0.511 bits per heavy atom. The minimum absolute atomic E-state index is 0.242. The minimum atomic E-state index is -0.242. The van der Waals surface area contributed by atoms with Crippen LogP contribution in [0.2, 0.25) is 0 Å². The van der Waals surface area contributed by atoms with Crippen LogP contribution in [0.15, 0.2) is 159 Å². The fourth-order valence-corrected chi connectivity index (χ4v) is 9.79. The fourth-order valence-electron chi connectivity index (χ4n) is 7.67. The number of hydrogen-bond acceptors (Lipinski definition) is 5. The number of fused-ring (bicyclic) bond motifs is 9. The van der Waals surface area contributed by atoms with Gasteiger partial charge in [0.1, 0.15) is 0 Å². The molecule has 0 atom stereocenters. The van der Waals surface area contributed by atoms with Gasteiger partial charge in [0.25, 0.3) is 0 Å². The van der Waals surface area contributed by atoms with Crippen LogP contribution in [-0.4, -0.2) is 4.98 Å². The van der Waals surface area contributed by atoms with Crippen molar-refractivity contribution in [3.63, 3.8) is 0 Å². The lowest BCUT2D eigenvalue weighted by Crippen LogP contribution is -2.19. The summed E-state index contributed by atoms with van der Waals surface area (Å²) in [5.41, 5.74) is 13.2. The minimum Gasteiger partial charge on any atom is -0.308 e. The highest BCUT2D eigenvalue weighted by Gasteiger charge is 2.40. The topological polar surface area (TPSA) is 19.4 Å². The number of para-hydroxylation sites is 4. The van der Waals surface area contributed by atoms with Crippen LogP contribution in [0.3, 0.4) is 0 Å². The molecule has 0 bridgehead atoms. The summed E-state index contributed by atoms with van der Waals surface area (Å²) in [7, 11) is 0. The van der Waals surface area contributed by atoms with E-state index in [0.29, 0.717) is 0 Å². The molecule has 0 radical (unpaired) electrons. The molecule has 0 amide bonds. The summed E-state index contributed by atoms with van der Waals surface area (Å²) in [6.07, 6.45) is 1.94. The van der Waals surface area contributed by atoms with Crippen LogP contribution in [0.25, 0.3) is 22.0 Å². The van der Waals surface area contributed by atoms with Gasteiger partial charge >= 0.3 is 0 Å². The molecule has 2 aliphatic heterocycles. The molecule has 3 heterocycles. The van der Waals surface area contributed by atoms with Gasteiger partial charge in [-0.3, -0.25) is 4.98 Å². The summed E-state index contributed by atoms with van der Waals surface area (Å²) in [5, 5.41) is 1.16. The Kier molecular flexibility index (Phi) is 5.79. The van der Waals surface area contributed by atoms with Crippen molar-refractivity contribution >= 4 is 68.6 Å². The van der Waals surface area contributed by atoms with Crippen LogP contribution in [0.4, 0.5) is 34.1 Å². The van der Waals surface area contributed by atoms with Crippen molar-refractivity contribution in [2.45, 2.75) is 38.8 Å². The van der Waals surface area contributed by atoms with Crippen molar-refractivity contribution in [3.05, 3.63) is 151 Å². The summed E-state index contributed by atoms with van der Waals surface area (Å²) in [6, 6.07) is 48.8. The summed E-state index contributed by atoms with van der Waals surface area (Å²) < 4.78 is 0. The molecule has 0 unspecified atom stereocenters. The van der Waals surface area contributed by atoms with Gasteiger partial charge in [0.15, 0.2) is 0 Å². The highest BCUT2D eigenvalue weighted by Crippen LogP contribution is 2.58. The van der Waals surface area contributed by atoms with Crippen molar-refractivity contribution in [2.24, 2.45) is 0 Å². The van der Waals surface area contributed by atoms with E-state index in [2.05, 4.69) is 157 Å². The fraction of sp³-hybridized carbons (Fsp3) is 0.0714. The number of pyridine rings is 1. The van der Waals surface area contributed by atoms with Gasteiger partial charge in [-0.15, -0.1) is 0 Å². The van der Waals surface area contributed by atoms with Crippen molar-refractivity contribution in [2.75, 3.05) is 9.80 Å². The van der Waals surface area contributed by atoms with Crippen LogP contribution < -0.4 is 9.80 Å². The summed E-state index contributed by atoms with van der Waals surface area (Å²) in [5.74, 6) is 0. The lowest BCUT2D eigenvalue weighted by Gasteiger charge is -2.34. The smallest absolute Gasteiger partial charge is 0.0804 e. The molecule has 0 saturated carbocycles. The van der Waals surface area contributed by atoms with Crippen LogP contribution in [-0.2, 0) is 5.41 Å². The van der Waals surface area contributed by atoms with Crippen LogP contribution >= 0.6 is 23.5 Å². The maximum Gasteiger partial charge on any atom is 0.0804 e. The van der Waals surface area contributed by atoms with E-state index in [1.54, 1.807) is 0 Å². The number of nitrogens with zero attached hydrogens (tertiary/aromatic N) is 3. The van der Waals surface area contributed by atoms with E-state index in [1.807, 2.05) is 29.7 Å². The molecule has 0 fully saturated rings. The van der Waals surface area contributed by atoms with Gasteiger partial charge in [-0.1, -0.05) is 92.0 Å². The molecule has 47 heavy (non-hydrogen) atoms. The van der Waals surface area contributed by atoms with Gasteiger partial charge in [0.2, 0.25) is 0 Å². The largest absolute Gasteiger partial charge is 0.308 e. The SMILES string of the molecule is CC1(C)c2cc(N3c4ccccc4Sc4ccccc43)ccc2-c2c1cc(N1c3ccccc3Sc3ccccc31)c1cccnc21. The maximum atomic E-state index is 5.11. The zero-order chi connectivity index (χ0) is 31.3. The predicted octanol–water partition coefficient (Wildman–Crippen LogP) is 12.4. The zero-order valence-corrected chi connectivity index (χ0v) is 27.6. The average Bonchev–Trinajstić information content (AvgIpc) is 3.34. The number of benzene rings is 6. The summed E-state index contributed by atoms with van der Waals surface area (Å²) >= 11 is 3.69. The summed E-state index contributed by atoms with van der Waals surface area (Å²) in [4.78, 5) is 15.1. The molecule has 224 valence electrons. The highest BCUT2D eigenvalue weighted by atomic mass is 32.2. The second kappa shape index (κ2) is 10.0. The Morgan fingerprint density at radius 2 is 1.04 bits per heavy atom. The van der Waals surface area contributed by atoms with Crippen LogP contribution in [0.5, 0.6) is 0 Å². The van der Waals surface area contributed by atoms with Crippen molar-refractivity contribution in [1.82, 2.24) is 4.98 Å². The second-order valence-corrected chi connectivity index (χ2v) is 15.0. The van der Waals surface area contributed by atoms with E-state index < -0.39 is 0 Å². The van der Waals surface area contributed by atoms with Crippen LogP contribution in [0, 0.1) is 0 Å². The first-order valence-corrected chi connectivity index (χ1v) is 17.6. The van der Waals surface area contributed by atoms with Crippen molar-refractivity contribution in [3.8, 4) is 11.1 Å². The molecule has 0 saturated heterocycles. The Balaban J connectivity index is 1.20.